The fourth-order valence-electron chi connectivity index (χ4n) is 2.58. The molecule has 0 aromatic carbocycles. The summed E-state index contributed by atoms with van der Waals surface area (Å²) in [6.45, 7) is 4.86. The Morgan fingerprint density at radius 2 is 2.11 bits per heavy atom. The van der Waals surface area contributed by atoms with Gasteiger partial charge in [-0.25, -0.2) is 0 Å². The molecule has 1 aliphatic rings. The highest BCUT2D eigenvalue weighted by atomic mass is 16.2. The molecule has 1 atom stereocenters. The van der Waals surface area contributed by atoms with E-state index in [9.17, 15) is 4.79 Å². The Bertz CT molecular complexity index is 412. The van der Waals surface area contributed by atoms with Gasteiger partial charge >= 0.3 is 0 Å². The van der Waals surface area contributed by atoms with Gasteiger partial charge in [0.15, 0.2) is 5.69 Å². The maximum atomic E-state index is 12.0. The number of carbonyl (C=O) groups is 1. The monoisotopic (exact) mass is 262 g/mol. The molecule has 0 spiro atoms. The lowest BCUT2D eigenvalue weighted by Gasteiger charge is -2.19. The zero-order valence-electron chi connectivity index (χ0n) is 11.6. The molecule has 2 rings (SSSR count). The van der Waals surface area contributed by atoms with E-state index in [4.69, 9.17) is 0 Å². The van der Waals surface area contributed by atoms with E-state index in [-0.39, 0.29) is 11.9 Å². The molecule has 1 amide bonds. The van der Waals surface area contributed by atoms with Crippen molar-refractivity contribution < 1.29 is 4.79 Å². The number of hydrogen-bond acceptors (Lipinski definition) is 4. The van der Waals surface area contributed by atoms with Crippen LogP contribution in [0.5, 0.6) is 0 Å². The molecule has 1 aliphatic carbocycles. The molecule has 1 unspecified atom stereocenters. The maximum Gasteiger partial charge on any atom is 0.272 e. The molecule has 1 aromatic heterocycles. The van der Waals surface area contributed by atoms with Gasteiger partial charge in [0.2, 0.25) is 0 Å². The van der Waals surface area contributed by atoms with E-state index in [1.807, 2.05) is 6.92 Å². The van der Waals surface area contributed by atoms with E-state index < -0.39 is 0 Å². The van der Waals surface area contributed by atoms with Gasteiger partial charge in [0.1, 0.15) is 5.82 Å². The zero-order chi connectivity index (χ0) is 13.7. The van der Waals surface area contributed by atoms with Crippen LogP contribution in [0, 0.1) is 5.92 Å². The molecular formula is C14H22N4O. The van der Waals surface area contributed by atoms with Crippen LogP contribution in [-0.4, -0.2) is 28.7 Å². The van der Waals surface area contributed by atoms with Crippen molar-refractivity contribution in [3.8, 4) is 0 Å². The van der Waals surface area contributed by atoms with E-state index in [1.54, 1.807) is 12.1 Å². The number of anilines is 1. The first kappa shape index (κ1) is 13.8. The minimum absolute atomic E-state index is 0.130. The summed E-state index contributed by atoms with van der Waals surface area (Å²) < 4.78 is 0. The van der Waals surface area contributed by atoms with Gasteiger partial charge in [-0.3, -0.25) is 4.79 Å². The molecule has 0 bridgehead atoms. The molecule has 2 N–H and O–H groups in total. The minimum atomic E-state index is -0.130. The predicted octanol–water partition coefficient (Wildman–Crippen LogP) is 2.22. The van der Waals surface area contributed by atoms with Gasteiger partial charge in [-0.1, -0.05) is 12.8 Å². The Kier molecular flexibility index (Phi) is 4.71. The quantitative estimate of drug-likeness (QED) is 0.854. The van der Waals surface area contributed by atoms with Crippen molar-refractivity contribution >= 4 is 11.7 Å². The van der Waals surface area contributed by atoms with Gasteiger partial charge < -0.3 is 10.6 Å². The lowest BCUT2D eigenvalue weighted by Crippen LogP contribution is -2.37. The number of rotatable bonds is 5. The van der Waals surface area contributed by atoms with E-state index in [0.717, 1.165) is 6.54 Å². The predicted molar refractivity (Wildman–Crippen MR) is 75.1 cm³/mol. The number of aromatic nitrogens is 2. The number of nitrogens with one attached hydrogen (secondary N) is 2. The van der Waals surface area contributed by atoms with Crippen LogP contribution < -0.4 is 10.6 Å². The molecule has 5 nitrogen and oxygen atoms in total. The molecule has 1 aromatic rings. The van der Waals surface area contributed by atoms with E-state index in [1.165, 1.54) is 25.7 Å². The largest absolute Gasteiger partial charge is 0.369 e. The van der Waals surface area contributed by atoms with Crippen molar-refractivity contribution in [2.75, 3.05) is 11.9 Å². The number of nitrogens with zero attached hydrogens (tertiary/aromatic N) is 2. The summed E-state index contributed by atoms with van der Waals surface area (Å²) in [5, 5.41) is 14.0. The highest BCUT2D eigenvalue weighted by Crippen LogP contribution is 2.27. The van der Waals surface area contributed by atoms with Crippen molar-refractivity contribution in [3.05, 3.63) is 17.8 Å². The van der Waals surface area contributed by atoms with E-state index >= 15 is 0 Å². The van der Waals surface area contributed by atoms with Crippen molar-refractivity contribution in [2.45, 2.75) is 45.6 Å². The second kappa shape index (κ2) is 6.50. The average molecular weight is 262 g/mol. The van der Waals surface area contributed by atoms with E-state index in [2.05, 4.69) is 27.8 Å². The van der Waals surface area contributed by atoms with Gasteiger partial charge in [0, 0.05) is 12.6 Å². The van der Waals surface area contributed by atoms with Crippen molar-refractivity contribution in [1.82, 2.24) is 15.5 Å². The molecule has 0 aliphatic heterocycles. The van der Waals surface area contributed by atoms with Gasteiger partial charge in [-0.15, -0.1) is 10.2 Å². The minimum Gasteiger partial charge on any atom is -0.369 e. The SMILES string of the molecule is CCNc1ccc(C(=O)NC(C)C2CCCC2)nn1. The number of amides is 1. The Morgan fingerprint density at radius 3 is 2.68 bits per heavy atom. The van der Waals surface area contributed by atoms with Crippen LogP contribution in [-0.2, 0) is 0 Å². The Balaban J connectivity index is 1.91. The lowest BCUT2D eigenvalue weighted by atomic mass is 10.00. The van der Waals surface area contributed by atoms with E-state index in [0.29, 0.717) is 17.4 Å². The summed E-state index contributed by atoms with van der Waals surface area (Å²) >= 11 is 0. The molecule has 0 saturated heterocycles. The zero-order valence-corrected chi connectivity index (χ0v) is 11.6. The van der Waals surface area contributed by atoms with Gasteiger partial charge in [-0.05, 0) is 44.7 Å². The first-order valence-corrected chi connectivity index (χ1v) is 7.09. The number of carbonyl (C=O) groups excluding carboxylic acids is 1. The fraction of sp³-hybridized carbons (Fsp3) is 0.643. The molecular weight excluding hydrogens is 240 g/mol. The topological polar surface area (TPSA) is 66.9 Å². The highest BCUT2D eigenvalue weighted by Gasteiger charge is 2.23. The molecule has 5 heteroatoms. The second-order valence-electron chi connectivity index (χ2n) is 5.14. The number of hydrogen-bond donors (Lipinski definition) is 2. The molecule has 1 saturated carbocycles. The fourth-order valence-corrected chi connectivity index (χ4v) is 2.58. The van der Waals surface area contributed by atoms with Crippen LogP contribution >= 0.6 is 0 Å². The van der Waals surface area contributed by atoms with Crippen LogP contribution in [0.4, 0.5) is 5.82 Å². The highest BCUT2D eigenvalue weighted by molar-refractivity contribution is 5.92. The van der Waals surface area contributed by atoms with Crippen LogP contribution in [0.1, 0.15) is 50.0 Å². The van der Waals surface area contributed by atoms with Crippen molar-refractivity contribution in [2.24, 2.45) is 5.92 Å². The smallest absolute Gasteiger partial charge is 0.272 e. The summed E-state index contributed by atoms with van der Waals surface area (Å²) in [4.78, 5) is 12.0. The molecule has 19 heavy (non-hydrogen) atoms. The van der Waals surface area contributed by atoms with Crippen LogP contribution in [0.2, 0.25) is 0 Å². The molecule has 0 radical (unpaired) electrons. The van der Waals surface area contributed by atoms with Gasteiger partial charge in [-0.2, -0.15) is 0 Å². The Hall–Kier alpha value is -1.65. The Morgan fingerprint density at radius 1 is 1.37 bits per heavy atom. The lowest BCUT2D eigenvalue weighted by molar-refractivity contribution is 0.0921. The molecule has 1 fully saturated rings. The first-order chi connectivity index (χ1) is 9.20. The summed E-state index contributed by atoms with van der Waals surface area (Å²) in [7, 11) is 0. The van der Waals surface area contributed by atoms with Crippen molar-refractivity contribution in [1.29, 1.82) is 0 Å². The van der Waals surface area contributed by atoms with Crippen LogP contribution in [0.3, 0.4) is 0 Å². The third kappa shape index (κ3) is 3.66. The van der Waals surface area contributed by atoms with Crippen LogP contribution in [0.25, 0.3) is 0 Å². The summed E-state index contributed by atoms with van der Waals surface area (Å²) in [5.74, 6) is 1.18. The second-order valence-corrected chi connectivity index (χ2v) is 5.14. The van der Waals surface area contributed by atoms with Gasteiger partial charge in [0.25, 0.3) is 5.91 Å². The summed E-state index contributed by atoms with van der Waals surface area (Å²) in [5.41, 5.74) is 0.381. The van der Waals surface area contributed by atoms with Crippen LogP contribution in [0.15, 0.2) is 12.1 Å². The standard InChI is InChI=1S/C14H22N4O/c1-3-15-13-9-8-12(17-18-13)14(19)16-10(2)11-6-4-5-7-11/h8-11H,3-7H2,1-2H3,(H,15,18)(H,16,19). The third-order valence-corrected chi connectivity index (χ3v) is 3.72. The van der Waals surface area contributed by atoms with Crippen molar-refractivity contribution in [3.63, 3.8) is 0 Å². The normalized spacial score (nSPS) is 17.2. The molecule has 1 heterocycles. The Labute approximate surface area is 114 Å². The third-order valence-electron chi connectivity index (χ3n) is 3.72. The van der Waals surface area contributed by atoms with Gasteiger partial charge in [0.05, 0.1) is 0 Å². The molecule has 104 valence electrons. The first-order valence-electron chi connectivity index (χ1n) is 7.09. The summed E-state index contributed by atoms with van der Waals surface area (Å²) in [6.07, 6.45) is 4.99. The summed E-state index contributed by atoms with van der Waals surface area (Å²) in [6, 6.07) is 3.71. The maximum absolute atomic E-state index is 12.0. The average Bonchev–Trinajstić information content (AvgIpc) is 2.94.